The van der Waals surface area contributed by atoms with Crippen LogP contribution in [0.5, 0.6) is 0 Å². The molecular formula is C25H42O4. The number of carbonyl (C=O) groups excluding carboxylic acids is 2. The van der Waals surface area contributed by atoms with E-state index in [1.54, 1.807) is 6.92 Å². The van der Waals surface area contributed by atoms with E-state index in [-0.39, 0.29) is 28.5 Å². The lowest BCUT2D eigenvalue weighted by molar-refractivity contribution is -0.128. The van der Waals surface area contributed by atoms with Crippen molar-refractivity contribution in [2.45, 2.75) is 112 Å². The molecule has 0 unspecified atom stereocenters. The summed E-state index contributed by atoms with van der Waals surface area (Å²) in [6, 6.07) is 0. The SMILES string of the molecule is CCCCCCCCCCC1=C(C)C(=O)C(OC)=C(OC(C)(C)C(C)(C)C)C1=O. The van der Waals surface area contributed by atoms with Gasteiger partial charge in [-0.05, 0) is 33.6 Å². The Hall–Kier alpha value is -1.58. The first kappa shape index (κ1) is 25.5. The number of methoxy groups -OCH3 is 1. The third-order valence-electron chi connectivity index (χ3n) is 6.33. The predicted octanol–water partition coefficient (Wildman–Crippen LogP) is 6.68. The highest BCUT2D eigenvalue weighted by molar-refractivity contribution is 6.23. The van der Waals surface area contributed by atoms with Crippen molar-refractivity contribution in [1.82, 2.24) is 0 Å². The number of hydrogen-bond acceptors (Lipinski definition) is 4. The van der Waals surface area contributed by atoms with Crippen molar-refractivity contribution in [2.24, 2.45) is 5.41 Å². The van der Waals surface area contributed by atoms with Gasteiger partial charge in [-0.2, -0.15) is 0 Å². The molecule has 0 N–H and O–H groups in total. The molecule has 0 aliphatic heterocycles. The van der Waals surface area contributed by atoms with Crippen LogP contribution in [0.25, 0.3) is 0 Å². The molecule has 0 aromatic heterocycles. The molecule has 0 spiro atoms. The van der Waals surface area contributed by atoms with Gasteiger partial charge in [-0.1, -0.05) is 72.6 Å². The molecule has 29 heavy (non-hydrogen) atoms. The molecule has 4 nitrogen and oxygen atoms in total. The summed E-state index contributed by atoms with van der Waals surface area (Å²) in [5.74, 6) is -0.331. The first-order chi connectivity index (χ1) is 13.5. The Morgan fingerprint density at radius 2 is 1.28 bits per heavy atom. The highest BCUT2D eigenvalue weighted by Gasteiger charge is 2.41. The summed E-state index contributed by atoms with van der Waals surface area (Å²) in [5.41, 5.74) is 0.241. The second-order valence-electron chi connectivity index (χ2n) is 9.71. The summed E-state index contributed by atoms with van der Waals surface area (Å²) in [5, 5.41) is 0. The Morgan fingerprint density at radius 3 is 1.76 bits per heavy atom. The summed E-state index contributed by atoms with van der Waals surface area (Å²) in [4.78, 5) is 26.0. The maximum Gasteiger partial charge on any atom is 0.228 e. The fraction of sp³-hybridized carbons (Fsp3) is 0.760. The molecule has 1 aliphatic carbocycles. The first-order valence-corrected chi connectivity index (χ1v) is 11.2. The zero-order valence-corrected chi connectivity index (χ0v) is 20.0. The first-order valence-electron chi connectivity index (χ1n) is 11.2. The van der Waals surface area contributed by atoms with E-state index >= 15 is 0 Å². The van der Waals surface area contributed by atoms with Gasteiger partial charge in [-0.3, -0.25) is 9.59 Å². The van der Waals surface area contributed by atoms with E-state index in [4.69, 9.17) is 9.47 Å². The normalized spacial score (nSPS) is 16.0. The van der Waals surface area contributed by atoms with Crippen LogP contribution >= 0.6 is 0 Å². The van der Waals surface area contributed by atoms with Crippen LogP contribution in [0.4, 0.5) is 0 Å². The van der Waals surface area contributed by atoms with Gasteiger partial charge in [0.1, 0.15) is 5.60 Å². The Kier molecular flexibility index (Phi) is 9.64. The number of rotatable bonds is 12. The van der Waals surface area contributed by atoms with Crippen LogP contribution in [0.3, 0.4) is 0 Å². The Morgan fingerprint density at radius 1 is 0.759 bits per heavy atom. The van der Waals surface area contributed by atoms with Crippen LogP contribution < -0.4 is 0 Å². The Balaban J connectivity index is 2.82. The summed E-state index contributed by atoms with van der Waals surface area (Å²) < 4.78 is 11.4. The molecular weight excluding hydrogens is 364 g/mol. The number of allylic oxidation sites excluding steroid dienone is 2. The standard InChI is InChI=1S/C25H42O4/c1-9-10-11-12-13-14-15-16-17-19-18(2)20(26)22(28-8)23(21(19)27)29-25(6,7)24(3,4)5/h9-17H2,1-8H3. The molecule has 0 saturated heterocycles. The fourth-order valence-corrected chi connectivity index (χ4v) is 3.24. The minimum absolute atomic E-state index is 0.0319. The zero-order chi connectivity index (χ0) is 22.2. The third-order valence-corrected chi connectivity index (χ3v) is 6.33. The lowest BCUT2D eigenvalue weighted by Crippen LogP contribution is -2.41. The highest BCUT2D eigenvalue weighted by atomic mass is 16.5. The molecule has 0 aromatic rings. The highest BCUT2D eigenvalue weighted by Crippen LogP contribution is 2.38. The van der Waals surface area contributed by atoms with Crippen LogP contribution in [0.1, 0.15) is 106 Å². The smallest absolute Gasteiger partial charge is 0.228 e. The minimum atomic E-state index is -0.628. The zero-order valence-electron chi connectivity index (χ0n) is 20.0. The second kappa shape index (κ2) is 11.0. The average Bonchev–Trinajstić information content (AvgIpc) is 2.63. The molecule has 0 aromatic carbocycles. The topological polar surface area (TPSA) is 52.6 Å². The van der Waals surface area contributed by atoms with Gasteiger partial charge in [-0.15, -0.1) is 0 Å². The van der Waals surface area contributed by atoms with E-state index in [9.17, 15) is 9.59 Å². The minimum Gasteiger partial charge on any atom is -0.489 e. The maximum absolute atomic E-state index is 13.2. The van der Waals surface area contributed by atoms with Gasteiger partial charge in [0.05, 0.1) is 7.11 Å². The number of carbonyl (C=O) groups is 2. The molecule has 0 amide bonds. The van der Waals surface area contributed by atoms with E-state index in [1.165, 1.54) is 45.6 Å². The second-order valence-corrected chi connectivity index (χ2v) is 9.71. The van der Waals surface area contributed by atoms with Crippen LogP contribution in [-0.4, -0.2) is 24.3 Å². The molecule has 166 valence electrons. The number of ether oxygens (including phenoxy) is 2. The lowest BCUT2D eigenvalue weighted by atomic mass is 9.78. The van der Waals surface area contributed by atoms with E-state index in [0.29, 0.717) is 17.6 Å². The molecule has 0 radical (unpaired) electrons. The largest absolute Gasteiger partial charge is 0.489 e. The van der Waals surface area contributed by atoms with E-state index < -0.39 is 5.60 Å². The monoisotopic (exact) mass is 406 g/mol. The molecule has 4 heteroatoms. The fourth-order valence-electron chi connectivity index (χ4n) is 3.24. The van der Waals surface area contributed by atoms with Crippen molar-refractivity contribution in [1.29, 1.82) is 0 Å². The Bertz CT molecular complexity index is 644. The lowest BCUT2D eigenvalue weighted by Gasteiger charge is -2.40. The molecule has 0 bridgehead atoms. The Labute approximate surface area is 178 Å². The summed E-state index contributed by atoms with van der Waals surface area (Å²) >= 11 is 0. The van der Waals surface area contributed by atoms with E-state index in [0.717, 1.165) is 12.8 Å². The number of Topliss-reactive ketones (excluding diaryl/α,β-unsaturated/α-hetero) is 2. The van der Waals surface area contributed by atoms with Crippen LogP contribution in [-0.2, 0) is 19.1 Å². The van der Waals surface area contributed by atoms with E-state index in [2.05, 4.69) is 27.7 Å². The molecule has 1 aliphatic rings. The maximum atomic E-state index is 13.2. The van der Waals surface area contributed by atoms with Gasteiger partial charge in [0.15, 0.2) is 0 Å². The van der Waals surface area contributed by atoms with Crippen molar-refractivity contribution in [2.75, 3.05) is 7.11 Å². The van der Waals surface area contributed by atoms with Gasteiger partial charge in [-0.25, -0.2) is 0 Å². The summed E-state index contributed by atoms with van der Waals surface area (Å²) in [7, 11) is 1.42. The number of hydrogen-bond donors (Lipinski definition) is 0. The molecule has 0 heterocycles. The van der Waals surface area contributed by atoms with Crippen molar-refractivity contribution in [3.05, 3.63) is 22.7 Å². The van der Waals surface area contributed by atoms with E-state index in [1.807, 2.05) is 13.8 Å². The summed E-state index contributed by atoms with van der Waals surface area (Å²) in [6.07, 6.45) is 10.2. The van der Waals surface area contributed by atoms with Gasteiger partial charge in [0, 0.05) is 16.6 Å². The predicted molar refractivity (Wildman–Crippen MR) is 119 cm³/mol. The van der Waals surface area contributed by atoms with Crippen LogP contribution in [0, 0.1) is 5.41 Å². The van der Waals surface area contributed by atoms with Gasteiger partial charge in [0.2, 0.25) is 23.1 Å². The number of unbranched alkanes of at least 4 members (excludes halogenated alkanes) is 7. The van der Waals surface area contributed by atoms with Gasteiger partial charge < -0.3 is 9.47 Å². The van der Waals surface area contributed by atoms with Crippen molar-refractivity contribution < 1.29 is 19.1 Å². The molecule has 1 rings (SSSR count). The molecule has 0 fully saturated rings. The van der Waals surface area contributed by atoms with Crippen molar-refractivity contribution in [3.63, 3.8) is 0 Å². The third kappa shape index (κ3) is 6.72. The molecule has 0 atom stereocenters. The van der Waals surface area contributed by atoms with Gasteiger partial charge in [0.25, 0.3) is 0 Å². The van der Waals surface area contributed by atoms with Crippen molar-refractivity contribution in [3.8, 4) is 0 Å². The van der Waals surface area contributed by atoms with Gasteiger partial charge >= 0.3 is 0 Å². The number of ketones is 2. The van der Waals surface area contributed by atoms with Crippen molar-refractivity contribution >= 4 is 11.6 Å². The quantitative estimate of drug-likeness (QED) is 0.268. The molecule has 0 saturated carbocycles. The van der Waals surface area contributed by atoms with Crippen LogP contribution in [0.2, 0.25) is 0 Å². The van der Waals surface area contributed by atoms with Crippen LogP contribution in [0.15, 0.2) is 22.7 Å². The summed E-state index contributed by atoms with van der Waals surface area (Å²) in [6.45, 7) is 14.0. The average molecular weight is 407 g/mol.